The molecule has 5 N–H and O–H groups in total. The van der Waals surface area contributed by atoms with E-state index in [1.54, 1.807) is 0 Å². The van der Waals surface area contributed by atoms with Crippen LogP contribution in [-0.4, -0.2) is 55.0 Å². The number of hydrogen-bond donors (Lipinski definition) is 5. The Kier molecular flexibility index (Phi) is 7.05. The zero-order valence-electron chi connectivity index (χ0n) is 11.6. The van der Waals surface area contributed by atoms with Gasteiger partial charge in [-0.25, -0.2) is 4.79 Å². The van der Waals surface area contributed by atoms with Crippen molar-refractivity contribution in [1.29, 1.82) is 0 Å². The van der Waals surface area contributed by atoms with E-state index in [-0.39, 0.29) is 0 Å². The summed E-state index contributed by atoms with van der Waals surface area (Å²) < 4.78 is 32.0. The SMILES string of the molecule is O=c1ccn(C(COCP(=O)(O)O)COCP(=O)(O)O)c(=O)[nH]1. The molecule has 0 unspecified atom stereocenters. The maximum atomic E-state index is 11.7. The van der Waals surface area contributed by atoms with Gasteiger partial charge in [0.25, 0.3) is 5.56 Å². The topological polar surface area (TPSA) is 188 Å². The number of nitrogens with one attached hydrogen (secondary N) is 1. The lowest BCUT2D eigenvalue weighted by Gasteiger charge is -2.19. The first-order valence-corrected chi connectivity index (χ1v) is 9.63. The maximum Gasteiger partial charge on any atom is 0.350 e. The summed E-state index contributed by atoms with van der Waals surface area (Å²) in [6, 6.07) is 0.0674. The zero-order valence-corrected chi connectivity index (χ0v) is 13.4. The Labute approximate surface area is 129 Å². The van der Waals surface area contributed by atoms with Crippen molar-refractivity contribution in [2.45, 2.75) is 6.04 Å². The van der Waals surface area contributed by atoms with Gasteiger partial charge < -0.3 is 29.0 Å². The van der Waals surface area contributed by atoms with Gasteiger partial charge in [-0.15, -0.1) is 0 Å². The van der Waals surface area contributed by atoms with Crippen LogP contribution in [0.15, 0.2) is 21.9 Å². The molecule has 0 atom stereocenters. The van der Waals surface area contributed by atoms with Gasteiger partial charge in [0.1, 0.15) is 12.7 Å². The van der Waals surface area contributed by atoms with Gasteiger partial charge in [-0.05, 0) is 0 Å². The summed E-state index contributed by atoms with van der Waals surface area (Å²) in [7, 11) is -8.84. The molecule has 0 bridgehead atoms. The minimum absolute atomic E-state index is 0.391. The molecule has 1 aromatic heterocycles. The lowest BCUT2D eigenvalue weighted by atomic mass is 10.3. The third-order valence-electron chi connectivity index (χ3n) is 2.38. The molecule has 1 rings (SSSR count). The molecule has 14 heteroatoms. The molecule has 0 aromatic carbocycles. The Hall–Kier alpha value is -1.10. The van der Waals surface area contributed by atoms with Gasteiger partial charge in [0.2, 0.25) is 0 Å². The summed E-state index contributed by atoms with van der Waals surface area (Å²) in [5.41, 5.74) is -1.49. The van der Waals surface area contributed by atoms with Crippen molar-refractivity contribution in [3.8, 4) is 0 Å². The van der Waals surface area contributed by atoms with Crippen LogP contribution < -0.4 is 11.2 Å². The van der Waals surface area contributed by atoms with Crippen LogP contribution in [0.2, 0.25) is 0 Å². The summed E-state index contributed by atoms with van der Waals surface area (Å²) in [5.74, 6) is 0. The van der Waals surface area contributed by atoms with E-state index < -0.39 is 58.4 Å². The van der Waals surface area contributed by atoms with E-state index in [0.29, 0.717) is 0 Å². The van der Waals surface area contributed by atoms with E-state index in [0.717, 1.165) is 16.8 Å². The van der Waals surface area contributed by atoms with E-state index in [1.165, 1.54) is 0 Å². The van der Waals surface area contributed by atoms with Crippen LogP contribution in [0, 0.1) is 0 Å². The van der Waals surface area contributed by atoms with Crippen molar-refractivity contribution < 1.29 is 38.2 Å². The standard InChI is InChI=1S/C9H16N2O10P2/c12-8-1-2-11(9(13)10-8)7(3-20-5-22(14,15)16)4-21-6-23(17,18)19/h1-2,7H,3-6H2,(H,10,12,13)(H2,14,15,16)(H2,17,18,19). The van der Waals surface area contributed by atoms with E-state index in [1.807, 2.05) is 4.98 Å². The predicted octanol–water partition coefficient (Wildman–Crippen LogP) is -1.62. The summed E-state index contributed by atoms with van der Waals surface area (Å²) in [6.45, 7) is -0.781. The van der Waals surface area contributed by atoms with Crippen molar-refractivity contribution in [3.05, 3.63) is 33.1 Å². The highest BCUT2D eigenvalue weighted by molar-refractivity contribution is 7.51. The van der Waals surface area contributed by atoms with E-state index >= 15 is 0 Å². The molecular formula is C9H16N2O10P2. The lowest BCUT2D eigenvalue weighted by Crippen LogP contribution is -2.35. The first-order chi connectivity index (χ1) is 10.5. The van der Waals surface area contributed by atoms with Gasteiger partial charge in [-0.2, -0.15) is 0 Å². The second kappa shape index (κ2) is 8.13. The average Bonchev–Trinajstić information content (AvgIpc) is 2.34. The first-order valence-electron chi connectivity index (χ1n) is 6.04. The fourth-order valence-corrected chi connectivity index (χ4v) is 2.23. The van der Waals surface area contributed by atoms with Gasteiger partial charge in [0, 0.05) is 12.3 Å². The predicted molar refractivity (Wildman–Crippen MR) is 76.1 cm³/mol. The molecule has 0 saturated heterocycles. The molecule has 0 fully saturated rings. The van der Waals surface area contributed by atoms with Crippen molar-refractivity contribution in [1.82, 2.24) is 9.55 Å². The molecule has 1 aromatic rings. The fourth-order valence-electron chi connectivity index (χ4n) is 1.54. The molecule has 132 valence electrons. The van der Waals surface area contributed by atoms with E-state index in [9.17, 15) is 18.7 Å². The first kappa shape index (κ1) is 19.9. The summed E-state index contributed by atoms with van der Waals surface area (Å²) >= 11 is 0. The van der Waals surface area contributed by atoms with Crippen molar-refractivity contribution in [2.75, 3.05) is 25.9 Å². The highest BCUT2D eigenvalue weighted by atomic mass is 31.2. The van der Waals surface area contributed by atoms with E-state index in [2.05, 4.69) is 0 Å². The van der Waals surface area contributed by atoms with Gasteiger partial charge in [-0.3, -0.25) is 23.5 Å². The minimum Gasteiger partial charge on any atom is -0.367 e. The van der Waals surface area contributed by atoms with Crippen LogP contribution in [0.5, 0.6) is 0 Å². The lowest BCUT2D eigenvalue weighted by molar-refractivity contribution is 0.0624. The van der Waals surface area contributed by atoms with Gasteiger partial charge in [0.05, 0.1) is 19.3 Å². The molecule has 0 aliphatic carbocycles. The molecule has 0 spiro atoms. The smallest absolute Gasteiger partial charge is 0.350 e. The van der Waals surface area contributed by atoms with Crippen LogP contribution in [-0.2, 0) is 18.6 Å². The second-order valence-electron chi connectivity index (χ2n) is 4.50. The van der Waals surface area contributed by atoms with Gasteiger partial charge in [-0.1, -0.05) is 0 Å². The Balaban J connectivity index is 2.83. The molecular weight excluding hydrogens is 358 g/mol. The average molecular weight is 374 g/mol. The zero-order chi connectivity index (χ0) is 17.7. The van der Waals surface area contributed by atoms with E-state index in [4.69, 9.17) is 29.0 Å². The van der Waals surface area contributed by atoms with Crippen molar-refractivity contribution in [3.63, 3.8) is 0 Å². The van der Waals surface area contributed by atoms with Crippen LogP contribution in [0.25, 0.3) is 0 Å². The molecule has 23 heavy (non-hydrogen) atoms. The monoisotopic (exact) mass is 374 g/mol. The normalized spacial score (nSPS) is 12.7. The summed E-state index contributed by atoms with van der Waals surface area (Å²) in [6.07, 6.45) is -0.701. The molecule has 1 heterocycles. The third-order valence-corrected chi connectivity index (χ3v) is 3.42. The van der Waals surface area contributed by atoms with Crippen molar-refractivity contribution >= 4 is 15.2 Å². The van der Waals surface area contributed by atoms with Crippen LogP contribution in [0.4, 0.5) is 0 Å². The Morgan fingerprint density at radius 1 is 1.04 bits per heavy atom. The quantitative estimate of drug-likeness (QED) is 0.314. The highest BCUT2D eigenvalue weighted by Gasteiger charge is 2.20. The minimum atomic E-state index is -4.42. The number of aromatic amines is 1. The van der Waals surface area contributed by atoms with Crippen LogP contribution >= 0.6 is 15.2 Å². The van der Waals surface area contributed by atoms with Crippen molar-refractivity contribution in [2.24, 2.45) is 0 Å². The molecule has 0 aliphatic rings. The largest absolute Gasteiger partial charge is 0.367 e. The number of ether oxygens (including phenoxy) is 2. The number of rotatable bonds is 9. The maximum absolute atomic E-state index is 11.7. The number of aromatic nitrogens is 2. The molecule has 0 aliphatic heterocycles. The Morgan fingerprint density at radius 2 is 1.52 bits per heavy atom. The Bertz CT molecular complexity index is 688. The summed E-state index contributed by atoms with van der Waals surface area (Å²) in [4.78, 5) is 59.5. The number of nitrogens with zero attached hydrogens (tertiary/aromatic N) is 1. The molecule has 0 amide bonds. The Morgan fingerprint density at radius 3 is 1.91 bits per heavy atom. The van der Waals surface area contributed by atoms with Crippen LogP contribution in [0.1, 0.15) is 6.04 Å². The molecule has 0 saturated carbocycles. The molecule has 0 radical (unpaired) electrons. The molecule has 12 nitrogen and oxygen atoms in total. The number of H-pyrrole nitrogens is 1. The van der Waals surface area contributed by atoms with Crippen LogP contribution in [0.3, 0.4) is 0 Å². The fraction of sp³-hybridized carbons (Fsp3) is 0.556. The third kappa shape index (κ3) is 8.35. The van der Waals surface area contributed by atoms with Gasteiger partial charge in [0.15, 0.2) is 0 Å². The number of hydrogen-bond acceptors (Lipinski definition) is 6. The summed E-state index contributed by atoms with van der Waals surface area (Å²) in [5, 5.41) is 0. The highest BCUT2D eigenvalue weighted by Crippen LogP contribution is 2.35. The second-order valence-corrected chi connectivity index (χ2v) is 7.68. The van der Waals surface area contributed by atoms with Gasteiger partial charge >= 0.3 is 20.9 Å².